The lowest BCUT2D eigenvalue weighted by molar-refractivity contribution is -0.140. The molecule has 1 aliphatic heterocycles. The number of carboxylic acid groups (broad SMARTS) is 1. The van der Waals surface area contributed by atoms with E-state index in [0.717, 1.165) is 16.6 Å². The number of sulfonamides is 1. The summed E-state index contributed by atoms with van der Waals surface area (Å²) in [6.07, 6.45) is 1.65. The fourth-order valence-electron chi connectivity index (χ4n) is 2.58. The molecule has 2 aromatic heterocycles. The van der Waals surface area contributed by atoms with Crippen LogP contribution < -0.4 is 11.2 Å². The van der Waals surface area contributed by atoms with Crippen LogP contribution in [0.5, 0.6) is 0 Å². The topological polar surface area (TPSA) is 153 Å². The number of carboxylic acids is 1. The number of nitrogens with one attached hydrogen (secondary N) is 2. The second kappa shape index (κ2) is 5.28. The molecular weight excluding hydrogens is 328 g/mol. The van der Waals surface area contributed by atoms with Crippen LogP contribution in [0.3, 0.4) is 0 Å². The third-order valence-electron chi connectivity index (χ3n) is 3.66. The molecule has 1 aliphatic rings. The van der Waals surface area contributed by atoms with Crippen LogP contribution in [0, 0.1) is 0 Å². The Morgan fingerprint density at radius 1 is 1.35 bits per heavy atom. The van der Waals surface area contributed by atoms with Crippen molar-refractivity contribution in [3.05, 3.63) is 33.1 Å². The second-order valence-corrected chi connectivity index (χ2v) is 6.98. The van der Waals surface area contributed by atoms with Crippen molar-refractivity contribution < 1.29 is 18.3 Å². The summed E-state index contributed by atoms with van der Waals surface area (Å²) in [5.41, 5.74) is -1.57. The molecule has 2 aromatic rings. The van der Waals surface area contributed by atoms with Crippen LogP contribution in [0.4, 0.5) is 0 Å². The molecule has 0 spiro atoms. The van der Waals surface area contributed by atoms with Gasteiger partial charge in [-0.15, -0.1) is 0 Å². The lowest BCUT2D eigenvalue weighted by Gasteiger charge is -2.20. The van der Waals surface area contributed by atoms with Gasteiger partial charge >= 0.3 is 11.7 Å². The van der Waals surface area contributed by atoms with E-state index >= 15 is 0 Å². The smallest absolute Gasteiger partial charge is 0.327 e. The summed E-state index contributed by atoms with van der Waals surface area (Å²) in [6, 6.07) is -0.0616. The van der Waals surface area contributed by atoms with Crippen molar-refractivity contribution in [1.29, 1.82) is 0 Å². The SMILES string of the molecule is O=C(O)[C@H]1CCCN1S(=O)(=O)c1cnc2[nH]c(=O)[nH]c(=O)c2c1. The first-order valence-corrected chi connectivity index (χ1v) is 8.12. The fourth-order valence-corrected chi connectivity index (χ4v) is 4.20. The number of nitrogens with zero attached hydrogens (tertiary/aromatic N) is 2. The normalized spacial score (nSPS) is 19.2. The zero-order valence-electron chi connectivity index (χ0n) is 11.6. The van der Waals surface area contributed by atoms with Crippen LogP contribution in [-0.2, 0) is 14.8 Å². The number of aromatic amines is 2. The van der Waals surface area contributed by atoms with Crippen molar-refractivity contribution in [3.63, 3.8) is 0 Å². The summed E-state index contributed by atoms with van der Waals surface area (Å²) in [5, 5.41) is 9.02. The number of aliphatic carboxylic acids is 1. The van der Waals surface area contributed by atoms with Crippen molar-refractivity contribution in [2.75, 3.05) is 6.54 Å². The van der Waals surface area contributed by atoms with Gasteiger partial charge in [0.15, 0.2) is 0 Å². The van der Waals surface area contributed by atoms with E-state index in [0.29, 0.717) is 6.42 Å². The van der Waals surface area contributed by atoms with Crippen LogP contribution in [0.15, 0.2) is 26.7 Å². The maximum atomic E-state index is 12.6. The van der Waals surface area contributed by atoms with Gasteiger partial charge in [-0.05, 0) is 18.9 Å². The molecule has 0 radical (unpaired) electrons. The molecule has 3 rings (SSSR count). The van der Waals surface area contributed by atoms with E-state index in [-0.39, 0.29) is 28.9 Å². The third-order valence-corrected chi connectivity index (χ3v) is 5.54. The predicted molar refractivity (Wildman–Crippen MR) is 77.5 cm³/mol. The summed E-state index contributed by atoms with van der Waals surface area (Å²) < 4.78 is 26.1. The largest absolute Gasteiger partial charge is 0.480 e. The minimum Gasteiger partial charge on any atom is -0.480 e. The number of rotatable bonds is 3. The molecule has 3 N–H and O–H groups in total. The molecule has 0 aliphatic carbocycles. The molecule has 10 nitrogen and oxygen atoms in total. The first-order chi connectivity index (χ1) is 10.8. The van der Waals surface area contributed by atoms with E-state index in [1.54, 1.807) is 0 Å². The Morgan fingerprint density at radius 2 is 2.09 bits per heavy atom. The van der Waals surface area contributed by atoms with E-state index < -0.39 is 33.3 Å². The quantitative estimate of drug-likeness (QED) is 0.637. The van der Waals surface area contributed by atoms with Crippen molar-refractivity contribution in [2.24, 2.45) is 0 Å². The van der Waals surface area contributed by atoms with E-state index in [2.05, 4.69) is 9.97 Å². The van der Waals surface area contributed by atoms with E-state index in [1.165, 1.54) is 0 Å². The Balaban J connectivity index is 2.14. The summed E-state index contributed by atoms with van der Waals surface area (Å²) in [6.45, 7) is 0.0827. The van der Waals surface area contributed by atoms with Crippen LogP contribution in [-0.4, -0.2) is 51.3 Å². The Bertz CT molecular complexity index is 1010. The molecule has 0 bridgehead atoms. The molecule has 0 aromatic carbocycles. The van der Waals surface area contributed by atoms with Gasteiger partial charge in [0, 0.05) is 12.7 Å². The minimum absolute atomic E-state index is 0.0473. The highest BCUT2D eigenvalue weighted by molar-refractivity contribution is 7.89. The van der Waals surface area contributed by atoms with Crippen LogP contribution >= 0.6 is 0 Å². The standard InChI is InChI=1S/C12H12N4O6S/c17-10-7-4-6(5-13-9(7)14-12(20)15-10)23(21,22)16-3-1-2-8(16)11(18)19/h4-5,8H,1-3H2,(H,18,19)(H2,13,14,15,17,20)/t8-/m1/s1. The van der Waals surface area contributed by atoms with Gasteiger partial charge in [-0.25, -0.2) is 18.2 Å². The highest BCUT2D eigenvalue weighted by Crippen LogP contribution is 2.26. The number of aromatic nitrogens is 3. The average molecular weight is 340 g/mol. The van der Waals surface area contributed by atoms with Crippen molar-refractivity contribution >= 4 is 27.0 Å². The summed E-state index contributed by atoms with van der Waals surface area (Å²) in [7, 11) is -4.11. The molecule has 122 valence electrons. The van der Waals surface area contributed by atoms with Gasteiger partial charge in [0.2, 0.25) is 10.0 Å². The van der Waals surface area contributed by atoms with Gasteiger partial charge in [0.1, 0.15) is 16.6 Å². The highest BCUT2D eigenvalue weighted by atomic mass is 32.2. The summed E-state index contributed by atoms with van der Waals surface area (Å²) in [5.74, 6) is -1.22. The zero-order valence-corrected chi connectivity index (χ0v) is 12.5. The van der Waals surface area contributed by atoms with Gasteiger partial charge in [0.25, 0.3) is 5.56 Å². The number of carbonyl (C=O) groups is 1. The van der Waals surface area contributed by atoms with Gasteiger partial charge in [-0.1, -0.05) is 0 Å². The number of pyridine rings is 1. The van der Waals surface area contributed by atoms with E-state index in [1.807, 2.05) is 4.98 Å². The van der Waals surface area contributed by atoms with Crippen molar-refractivity contribution in [2.45, 2.75) is 23.8 Å². The second-order valence-electron chi connectivity index (χ2n) is 5.09. The third kappa shape index (κ3) is 2.53. The average Bonchev–Trinajstić information content (AvgIpc) is 2.97. The molecule has 0 unspecified atom stereocenters. The van der Waals surface area contributed by atoms with E-state index in [9.17, 15) is 22.8 Å². The molecule has 0 saturated carbocycles. The maximum absolute atomic E-state index is 12.6. The fraction of sp³-hybridized carbons (Fsp3) is 0.333. The zero-order chi connectivity index (χ0) is 16.8. The highest BCUT2D eigenvalue weighted by Gasteiger charge is 2.39. The molecule has 3 heterocycles. The van der Waals surface area contributed by atoms with Gasteiger partial charge in [0.05, 0.1) is 5.39 Å². The molecule has 11 heteroatoms. The monoisotopic (exact) mass is 340 g/mol. The van der Waals surface area contributed by atoms with Gasteiger partial charge < -0.3 is 5.11 Å². The Labute approximate surface area is 128 Å². The molecule has 0 amide bonds. The van der Waals surface area contributed by atoms with Crippen LogP contribution in [0.25, 0.3) is 11.0 Å². The van der Waals surface area contributed by atoms with Crippen molar-refractivity contribution in [3.8, 4) is 0 Å². The number of hydrogen-bond acceptors (Lipinski definition) is 6. The van der Waals surface area contributed by atoms with E-state index in [4.69, 9.17) is 5.11 Å². The van der Waals surface area contributed by atoms with Gasteiger partial charge in [-0.3, -0.25) is 19.6 Å². The maximum Gasteiger partial charge on any atom is 0.327 e. The van der Waals surface area contributed by atoms with Crippen molar-refractivity contribution in [1.82, 2.24) is 19.3 Å². The number of H-pyrrole nitrogens is 2. The summed E-state index contributed by atoms with van der Waals surface area (Å²) in [4.78, 5) is 41.8. The Kier molecular flexibility index (Phi) is 3.53. The lowest BCUT2D eigenvalue weighted by atomic mass is 10.2. The minimum atomic E-state index is -4.11. The van der Waals surface area contributed by atoms with Crippen LogP contribution in [0.1, 0.15) is 12.8 Å². The first kappa shape index (κ1) is 15.4. The predicted octanol–water partition coefficient (Wildman–Crippen LogP) is -1.15. The van der Waals surface area contributed by atoms with Gasteiger partial charge in [-0.2, -0.15) is 4.31 Å². The number of fused-ring (bicyclic) bond motifs is 1. The molecule has 23 heavy (non-hydrogen) atoms. The molecule has 1 saturated heterocycles. The lowest BCUT2D eigenvalue weighted by Crippen LogP contribution is -2.40. The molecule has 1 atom stereocenters. The first-order valence-electron chi connectivity index (χ1n) is 6.68. The van der Waals surface area contributed by atoms with Crippen LogP contribution in [0.2, 0.25) is 0 Å². The number of hydrogen-bond donors (Lipinski definition) is 3. The Morgan fingerprint density at radius 3 is 2.78 bits per heavy atom. The molecule has 1 fully saturated rings. The molecular formula is C12H12N4O6S. The Hall–Kier alpha value is -2.53. The summed E-state index contributed by atoms with van der Waals surface area (Å²) >= 11 is 0.